The van der Waals surface area contributed by atoms with Crippen LogP contribution >= 0.6 is 11.6 Å². The Balaban J connectivity index is 1.25. The van der Waals surface area contributed by atoms with Crippen LogP contribution in [-0.4, -0.2) is 118 Å². The number of carbonyl (C=O) groups excluding carboxylic acids is 3. The van der Waals surface area contributed by atoms with E-state index in [1.54, 1.807) is 90.0 Å². The lowest BCUT2D eigenvalue weighted by molar-refractivity contribution is -0.161. The highest BCUT2D eigenvalue weighted by molar-refractivity contribution is 6.30. The molecule has 5 atom stereocenters. The van der Waals surface area contributed by atoms with Gasteiger partial charge in [0, 0.05) is 50.0 Å². The van der Waals surface area contributed by atoms with Gasteiger partial charge in [0.15, 0.2) is 17.4 Å². The van der Waals surface area contributed by atoms with Crippen molar-refractivity contribution in [3.05, 3.63) is 77.5 Å². The lowest BCUT2D eigenvalue weighted by atomic mass is 10.0. The highest BCUT2D eigenvalue weighted by Gasteiger charge is 2.55. The zero-order valence-electron chi connectivity index (χ0n) is 40.2. The van der Waals surface area contributed by atoms with E-state index in [-0.39, 0.29) is 56.0 Å². The number of esters is 1. The van der Waals surface area contributed by atoms with Gasteiger partial charge in [-0.15, -0.1) is 0 Å². The predicted molar refractivity (Wildman–Crippen MR) is 253 cm³/mol. The zero-order chi connectivity index (χ0) is 48.7. The maximum Gasteiger partial charge on any atom is 0.433 e. The third-order valence-electron chi connectivity index (χ3n) is 11.2. The van der Waals surface area contributed by atoms with Gasteiger partial charge < -0.3 is 48.1 Å². The molecule has 0 bridgehead atoms. The van der Waals surface area contributed by atoms with Crippen LogP contribution in [0.4, 0.5) is 19.8 Å². The molecule has 2 amide bonds. The fourth-order valence-electron chi connectivity index (χ4n) is 8.46. The van der Waals surface area contributed by atoms with Crippen molar-refractivity contribution in [1.82, 2.24) is 24.3 Å². The summed E-state index contributed by atoms with van der Waals surface area (Å²) in [4.78, 5) is 56.6. The maximum absolute atomic E-state index is 15.5. The van der Waals surface area contributed by atoms with Gasteiger partial charge in [0.2, 0.25) is 0 Å². The fourth-order valence-corrected chi connectivity index (χ4v) is 8.58. The molecule has 2 aromatic carbocycles. The Morgan fingerprint density at radius 1 is 1.00 bits per heavy atom. The Morgan fingerprint density at radius 2 is 1.72 bits per heavy atom. The second-order valence-corrected chi connectivity index (χ2v) is 19.8. The number of aliphatic imine (C=N–C) groups is 1. The number of fused-ring (bicyclic) bond motifs is 2. The summed E-state index contributed by atoms with van der Waals surface area (Å²) >= 11 is 6.01. The van der Waals surface area contributed by atoms with Crippen LogP contribution in [0.3, 0.4) is 0 Å². The van der Waals surface area contributed by atoms with Gasteiger partial charge in [0.05, 0.1) is 30.1 Å². The molecule has 1 saturated carbocycles. The van der Waals surface area contributed by atoms with Gasteiger partial charge in [-0.3, -0.25) is 4.79 Å². The van der Waals surface area contributed by atoms with Gasteiger partial charge in [0.25, 0.3) is 0 Å². The van der Waals surface area contributed by atoms with Crippen molar-refractivity contribution >= 4 is 52.8 Å². The van der Waals surface area contributed by atoms with Crippen molar-refractivity contribution in [2.24, 2.45) is 16.8 Å². The first kappa shape index (κ1) is 51.0. The first-order valence-corrected chi connectivity index (χ1v) is 23.2. The van der Waals surface area contributed by atoms with Crippen molar-refractivity contribution in [3.63, 3.8) is 0 Å². The van der Waals surface area contributed by atoms with E-state index in [0.717, 1.165) is 16.9 Å². The Bertz CT molecular complexity index is 2360. The van der Waals surface area contributed by atoms with Gasteiger partial charge in [-0.05, 0) is 143 Å². The Hall–Kier alpha value is -5.36. The second kappa shape index (κ2) is 21.7. The fraction of sp³-hybridized carbons (Fsp3) is 0.551. The van der Waals surface area contributed by atoms with Crippen molar-refractivity contribution in [2.75, 3.05) is 45.2 Å². The predicted octanol–water partition coefficient (Wildman–Crippen LogP) is 9.84. The SMILES string of the molecule is CCOC(=O)C(C=NC(=O)OC(C)(C)C)CCN(CCCN(Cc1ccc(Oc2ccc(Cl)cc2)c(F)c1)C(=O)OC(C)(C)C)C[C@H]1C[C@@H](n2ccc3c(NC)ncnc32)[C@@H]2OC(C)(C)O[C@H]12. The number of rotatable bonds is 18. The number of aromatic nitrogens is 3. The van der Waals surface area contributed by atoms with E-state index in [9.17, 15) is 14.4 Å². The zero-order valence-corrected chi connectivity index (χ0v) is 41.0. The van der Waals surface area contributed by atoms with Crippen LogP contribution in [0.1, 0.15) is 93.2 Å². The standard InChI is InChI=1S/C49H65ClFN7O9/c1-11-62-44(59)32(27-53-45(60)66-47(2,3)4)19-23-56(29-33-26-38(41-40(33)64-49(8,9)65-41)58-24-20-36-42(52-10)54-30-55-43(36)58)21-12-22-57(46(61)67-48(5,6)7)28-31-13-18-39(37(51)25-31)63-35-16-14-34(50)15-17-35/h13-18,20,24-25,27,30,32-33,38,40-41H,11-12,19,21-23,26,28-29H2,1-10H3,(H,52,54,55)/t32?,33-,38-,40-,41+/m1/s1. The topological polar surface area (TPSA) is 168 Å². The van der Waals surface area contributed by atoms with Crippen LogP contribution in [-0.2, 0) is 35.0 Å². The molecule has 2 aliphatic rings. The first-order valence-electron chi connectivity index (χ1n) is 22.8. The Morgan fingerprint density at radius 3 is 2.39 bits per heavy atom. The normalized spacial score (nSPS) is 19.7. The highest BCUT2D eigenvalue weighted by Crippen LogP contribution is 2.48. The van der Waals surface area contributed by atoms with Gasteiger partial charge >= 0.3 is 18.2 Å². The van der Waals surface area contributed by atoms with Crippen molar-refractivity contribution in [1.29, 1.82) is 0 Å². The van der Waals surface area contributed by atoms with Crippen LogP contribution in [0.25, 0.3) is 11.0 Å². The van der Waals surface area contributed by atoms with Crippen LogP contribution < -0.4 is 10.1 Å². The lowest BCUT2D eigenvalue weighted by Gasteiger charge is -2.31. The minimum absolute atomic E-state index is 0.0279. The van der Waals surface area contributed by atoms with E-state index in [4.69, 9.17) is 40.0 Å². The number of hydrogen-bond acceptors (Lipinski definition) is 13. The largest absolute Gasteiger partial charge is 0.465 e. The second-order valence-electron chi connectivity index (χ2n) is 19.3. The molecule has 1 N–H and O–H groups in total. The molecule has 67 heavy (non-hydrogen) atoms. The van der Waals surface area contributed by atoms with Crippen molar-refractivity contribution in [2.45, 2.75) is 123 Å². The van der Waals surface area contributed by atoms with E-state index in [1.807, 2.05) is 33.2 Å². The number of amides is 2. The molecule has 3 heterocycles. The number of halogens is 2. The van der Waals surface area contributed by atoms with Crippen molar-refractivity contribution in [3.8, 4) is 11.5 Å². The number of anilines is 1. The van der Waals surface area contributed by atoms with E-state index in [0.29, 0.717) is 48.8 Å². The van der Waals surface area contributed by atoms with Crippen LogP contribution in [0, 0.1) is 17.7 Å². The summed E-state index contributed by atoms with van der Waals surface area (Å²) in [6.45, 7) is 18.0. The number of benzene rings is 2. The van der Waals surface area contributed by atoms with Gasteiger partial charge in [-0.25, -0.2) is 23.9 Å². The summed E-state index contributed by atoms with van der Waals surface area (Å²) in [6.07, 6.45) is 4.38. The third kappa shape index (κ3) is 14.1. The van der Waals surface area contributed by atoms with Gasteiger partial charge in [-0.1, -0.05) is 17.7 Å². The minimum Gasteiger partial charge on any atom is -0.465 e. The molecule has 1 aliphatic heterocycles. The first-order chi connectivity index (χ1) is 31.6. The molecule has 2 fully saturated rings. The number of hydrogen-bond donors (Lipinski definition) is 1. The van der Waals surface area contributed by atoms with E-state index in [2.05, 4.69) is 29.7 Å². The summed E-state index contributed by atoms with van der Waals surface area (Å²) in [5.41, 5.74) is -0.237. The average molecular weight is 951 g/mol. The molecule has 6 rings (SSSR count). The summed E-state index contributed by atoms with van der Waals surface area (Å²) in [7, 11) is 1.82. The van der Waals surface area contributed by atoms with E-state index < -0.39 is 46.9 Å². The summed E-state index contributed by atoms with van der Waals surface area (Å²) in [6, 6.07) is 13.1. The molecule has 2 aromatic heterocycles. The average Bonchev–Trinajstić information content (AvgIpc) is 3.91. The number of ether oxygens (including phenoxy) is 6. The molecule has 1 saturated heterocycles. The third-order valence-corrected chi connectivity index (χ3v) is 11.5. The monoisotopic (exact) mass is 949 g/mol. The Kier molecular flexibility index (Phi) is 16.6. The molecule has 18 heteroatoms. The molecule has 1 unspecified atom stereocenters. The Labute approximate surface area is 397 Å². The van der Waals surface area contributed by atoms with Crippen molar-refractivity contribution < 1.29 is 47.2 Å². The van der Waals surface area contributed by atoms with E-state index >= 15 is 4.39 Å². The molecule has 1 aliphatic carbocycles. The molecule has 16 nitrogen and oxygen atoms in total. The highest BCUT2D eigenvalue weighted by atomic mass is 35.5. The molecule has 364 valence electrons. The molecular weight excluding hydrogens is 885 g/mol. The number of nitrogens with one attached hydrogen (secondary N) is 1. The number of nitrogens with zero attached hydrogens (tertiary/aromatic N) is 6. The molecule has 4 aromatic rings. The summed E-state index contributed by atoms with van der Waals surface area (Å²) in [5, 5.41) is 4.57. The van der Waals surface area contributed by atoms with E-state index in [1.165, 1.54) is 18.3 Å². The lowest BCUT2D eigenvalue weighted by Crippen LogP contribution is -2.40. The molecule has 0 spiro atoms. The summed E-state index contributed by atoms with van der Waals surface area (Å²) < 4.78 is 53.3. The smallest absolute Gasteiger partial charge is 0.433 e. The van der Waals surface area contributed by atoms with Crippen LogP contribution in [0.15, 0.2) is 66.0 Å². The maximum atomic E-state index is 15.5. The summed E-state index contributed by atoms with van der Waals surface area (Å²) in [5.74, 6) is -1.65. The van der Waals surface area contributed by atoms with Crippen LogP contribution in [0.5, 0.6) is 11.5 Å². The molecular formula is C49H65ClFN7O9. The van der Waals surface area contributed by atoms with Gasteiger partial charge in [-0.2, -0.15) is 4.99 Å². The number of carbonyl (C=O) groups is 3. The minimum atomic E-state index is -0.851. The van der Waals surface area contributed by atoms with Gasteiger partial charge in [0.1, 0.15) is 40.8 Å². The molecule has 0 radical (unpaired) electrons. The quantitative estimate of drug-likeness (QED) is 0.0569. The van der Waals surface area contributed by atoms with Crippen LogP contribution in [0.2, 0.25) is 5.02 Å².